The Kier molecular flexibility index (Phi) is 3.55. The van der Waals surface area contributed by atoms with Gasteiger partial charge in [0.1, 0.15) is 5.69 Å². The van der Waals surface area contributed by atoms with Crippen LogP contribution < -0.4 is 5.11 Å². The molecule has 0 bridgehead atoms. The first-order chi connectivity index (χ1) is 7.42. The van der Waals surface area contributed by atoms with E-state index in [1.54, 1.807) is 20.8 Å². The van der Waals surface area contributed by atoms with Gasteiger partial charge in [-0.05, 0) is 0 Å². The SMILES string of the molecule is CC(C)(C)OC([O-])=Nc1nccnc1C=O. The van der Waals surface area contributed by atoms with E-state index < -0.39 is 11.7 Å². The fraction of sp³-hybridized carbons (Fsp3) is 0.400. The van der Waals surface area contributed by atoms with E-state index in [-0.39, 0.29) is 11.5 Å². The first-order valence-corrected chi connectivity index (χ1v) is 4.63. The summed E-state index contributed by atoms with van der Waals surface area (Å²) in [5.41, 5.74) is -0.627. The van der Waals surface area contributed by atoms with Crippen LogP contribution in [-0.4, -0.2) is 27.9 Å². The second-order valence-corrected chi connectivity index (χ2v) is 3.98. The maximum Gasteiger partial charge on any atom is 0.183 e. The zero-order valence-corrected chi connectivity index (χ0v) is 9.30. The third-order valence-corrected chi connectivity index (χ3v) is 1.41. The third kappa shape index (κ3) is 3.64. The lowest BCUT2D eigenvalue weighted by molar-refractivity contribution is -0.259. The number of rotatable bonds is 2. The van der Waals surface area contributed by atoms with Crippen LogP contribution in [0.4, 0.5) is 5.82 Å². The Morgan fingerprint density at radius 1 is 1.44 bits per heavy atom. The maximum absolute atomic E-state index is 11.3. The number of hydrogen-bond donors (Lipinski definition) is 0. The van der Waals surface area contributed by atoms with Gasteiger partial charge in [0.2, 0.25) is 0 Å². The zero-order chi connectivity index (χ0) is 12.2. The summed E-state index contributed by atoms with van der Waals surface area (Å²) in [5, 5.41) is 11.3. The molecule has 0 atom stereocenters. The summed E-state index contributed by atoms with van der Waals surface area (Å²) >= 11 is 0. The minimum atomic E-state index is -0.795. The van der Waals surface area contributed by atoms with Gasteiger partial charge in [0.15, 0.2) is 18.2 Å². The van der Waals surface area contributed by atoms with E-state index in [9.17, 15) is 9.90 Å². The molecule has 0 saturated carbocycles. The van der Waals surface area contributed by atoms with Crippen molar-refractivity contribution < 1.29 is 14.6 Å². The Hall–Kier alpha value is -1.98. The van der Waals surface area contributed by atoms with Crippen LogP contribution in [0, 0.1) is 0 Å². The molecule has 1 heterocycles. The Morgan fingerprint density at radius 2 is 2.06 bits per heavy atom. The van der Waals surface area contributed by atoms with Gasteiger partial charge in [-0.3, -0.25) is 4.79 Å². The number of aromatic nitrogens is 2. The van der Waals surface area contributed by atoms with Crippen molar-refractivity contribution in [1.29, 1.82) is 0 Å². The maximum atomic E-state index is 11.3. The lowest BCUT2D eigenvalue weighted by Gasteiger charge is -2.29. The number of carbonyl (C=O) groups excluding carboxylic acids is 1. The van der Waals surface area contributed by atoms with Gasteiger partial charge in [-0.25, -0.2) is 15.0 Å². The van der Waals surface area contributed by atoms with E-state index in [2.05, 4.69) is 15.0 Å². The number of aldehydes is 1. The first-order valence-electron chi connectivity index (χ1n) is 4.63. The van der Waals surface area contributed by atoms with Crippen molar-refractivity contribution in [3.05, 3.63) is 18.1 Å². The van der Waals surface area contributed by atoms with Gasteiger partial charge in [0.05, 0.1) is 0 Å². The molecule has 0 saturated heterocycles. The molecule has 0 radical (unpaired) electrons. The summed E-state index contributed by atoms with van der Waals surface area (Å²) in [5.74, 6) is -0.0354. The molecule has 0 spiro atoms. The quantitative estimate of drug-likeness (QED) is 0.412. The van der Waals surface area contributed by atoms with Crippen LogP contribution in [0.2, 0.25) is 0 Å². The fourth-order valence-electron chi connectivity index (χ4n) is 0.882. The molecule has 1 rings (SSSR count). The van der Waals surface area contributed by atoms with Crippen molar-refractivity contribution in [2.45, 2.75) is 26.4 Å². The van der Waals surface area contributed by atoms with E-state index >= 15 is 0 Å². The zero-order valence-electron chi connectivity index (χ0n) is 9.30. The van der Waals surface area contributed by atoms with Crippen LogP contribution in [0.25, 0.3) is 0 Å². The lowest BCUT2D eigenvalue weighted by Crippen LogP contribution is -2.31. The molecule has 6 nitrogen and oxygen atoms in total. The molecule has 0 fully saturated rings. The molecule has 1 aromatic heterocycles. The van der Waals surface area contributed by atoms with Crippen molar-refractivity contribution in [2.24, 2.45) is 4.99 Å². The second kappa shape index (κ2) is 4.69. The molecule has 0 unspecified atom stereocenters. The topological polar surface area (TPSA) is 87.5 Å². The minimum Gasteiger partial charge on any atom is -0.594 e. The number of aliphatic imine (C=N–C) groups is 1. The van der Waals surface area contributed by atoms with Crippen molar-refractivity contribution in [3.8, 4) is 0 Å². The van der Waals surface area contributed by atoms with E-state index in [1.165, 1.54) is 12.4 Å². The van der Waals surface area contributed by atoms with Crippen LogP contribution >= 0.6 is 0 Å². The van der Waals surface area contributed by atoms with Gasteiger partial charge in [0.25, 0.3) is 0 Å². The average molecular weight is 222 g/mol. The second-order valence-electron chi connectivity index (χ2n) is 3.98. The Balaban J connectivity index is 2.94. The van der Waals surface area contributed by atoms with Crippen LogP contribution in [-0.2, 0) is 4.74 Å². The van der Waals surface area contributed by atoms with Crippen LogP contribution in [0.3, 0.4) is 0 Å². The lowest BCUT2D eigenvalue weighted by atomic mass is 10.2. The first kappa shape index (κ1) is 12.1. The predicted octanol–water partition coefficient (Wildman–Crippen LogP) is 0.452. The highest BCUT2D eigenvalue weighted by molar-refractivity contribution is 5.80. The molecule has 86 valence electrons. The van der Waals surface area contributed by atoms with E-state index in [0.29, 0.717) is 6.29 Å². The molecule has 1 aromatic rings. The van der Waals surface area contributed by atoms with E-state index in [1.807, 2.05) is 0 Å². The van der Waals surface area contributed by atoms with Gasteiger partial charge in [-0.1, -0.05) is 20.8 Å². The van der Waals surface area contributed by atoms with Crippen LogP contribution in [0.1, 0.15) is 31.3 Å². The molecule has 0 aliphatic heterocycles. The molecule has 0 amide bonds. The van der Waals surface area contributed by atoms with Gasteiger partial charge in [-0.15, -0.1) is 0 Å². The summed E-state index contributed by atoms with van der Waals surface area (Å²) in [7, 11) is 0. The molecule has 0 N–H and O–H groups in total. The highest BCUT2D eigenvalue weighted by atomic mass is 16.6. The van der Waals surface area contributed by atoms with Crippen molar-refractivity contribution in [1.82, 2.24) is 9.97 Å². The smallest absolute Gasteiger partial charge is 0.183 e. The molecular weight excluding hydrogens is 210 g/mol. The van der Waals surface area contributed by atoms with Crippen LogP contribution in [0.5, 0.6) is 0 Å². The monoisotopic (exact) mass is 222 g/mol. The number of hydrogen-bond acceptors (Lipinski definition) is 6. The largest absolute Gasteiger partial charge is 0.594 e. The molecule has 16 heavy (non-hydrogen) atoms. The number of carbonyl (C=O) groups is 1. The molecule has 6 heteroatoms. The third-order valence-electron chi connectivity index (χ3n) is 1.41. The highest BCUT2D eigenvalue weighted by Crippen LogP contribution is 2.12. The van der Waals surface area contributed by atoms with Crippen LogP contribution in [0.15, 0.2) is 17.4 Å². The summed E-state index contributed by atoms with van der Waals surface area (Å²) < 4.78 is 4.95. The summed E-state index contributed by atoms with van der Waals surface area (Å²) in [4.78, 5) is 21.6. The van der Waals surface area contributed by atoms with Gasteiger partial charge in [-0.2, -0.15) is 0 Å². The molecule has 0 aliphatic carbocycles. The van der Waals surface area contributed by atoms with E-state index in [0.717, 1.165) is 0 Å². The summed E-state index contributed by atoms with van der Waals surface area (Å²) in [6, 6.07) is 0. The standard InChI is InChI=1S/C10H13N3O3/c1-10(2,3)16-9(15)13-8-7(6-14)11-4-5-12-8/h4-6H,1-3H3,(H,12,13,15)/p-1. The van der Waals surface area contributed by atoms with Crippen molar-refractivity contribution >= 4 is 18.2 Å². The normalized spacial score (nSPS) is 12.3. The summed E-state index contributed by atoms with van der Waals surface area (Å²) in [6.07, 6.45) is 2.38. The predicted molar refractivity (Wildman–Crippen MR) is 55.4 cm³/mol. The molecule has 0 aliphatic rings. The molecule has 0 aromatic carbocycles. The summed E-state index contributed by atoms with van der Waals surface area (Å²) in [6.45, 7) is 5.16. The Morgan fingerprint density at radius 3 is 2.62 bits per heavy atom. The van der Waals surface area contributed by atoms with Crippen molar-refractivity contribution in [3.63, 3.8) is 0 Å². The molecular formula is C10H12N3O3-. The van der Waals surface area contributed by atoms with Gasteiger partial charge in [0, 0.05) is 18.0 Å². The fourth-order valence-corrected chi connectivity index (χ4v) is 0.882. The highest BCUT2D eigenvalue weighted by Gasteiger charge is 2.06. The number of ether oxygens (including phenoxy) is 1. The Labute approximate surface area is 93.0 Å². The van der Waals surface area contributed by atoms with Crippen molar-refractivity contribution in [2.75, 3.05) is 0 Å². The number of nitrogens with zero attached hydrogens (tertiary/aromatic N) is 3. The Bertz CT molecular complexity index is 410. The minimum absolute atomic E-state index is 0.00774. The average Bonchev–Trinajstić information content (AvgIpc) is 2.15. The van der Waals surface area contributed by atoms with Gasteiger partial charge >= 0.3 is 0 Å². The van der Waals surface area contributed by atoms with Gasteiger partial charge < -0.3 is 9.84 Å². The van der Waals surface area contributed by atoms with E-state index in [4.69, 9.17) is 4.74 Å².